The number of nitrogens with two attached hydrogens (primary N) is 1. The highest BCUT2D eigenvalue weighted by Gasteiger charge is 2.12. The Morgan fingerprint density at radius 1 is 1.48 bits per heavy atom. The number of benzene rings is 1. The third-order valence-electron chi connectivity index (χ3n) is 2.89. The summed E-state index contributed by atoms with van der Waals surface area (Å²) in [7, 11) is 0. The molecule has 0 aliphatic rings. The highest BCUT2D eigenvalue weighted by molar-refractivity contribution is 7.11. The molecule has 0 saturated carbocycles. The summed E-state index contributed by atoms with van der Waals surface area (Å²) in [5, 5.41) is 3.82. The lowest BCUT2D eigenvalue weighted by Gasteiger charge is -2.12. The number of nitrogens with zero attached hydrogens (tertiary/aromatic N) is 1. The number of para-hydroxylation sites is 2. The minimum absolute atomic E-state index is 0.0649. The Hall–Kier alpha value is -2.08. The zero-order valence-electron chi connectivity index (χ0n) is 12.1. The van der Waals surface area contributed by atoms with Gasteiger partial charge in [-0.1, -0.05) is 12.1 Å². The molecule has 6 heteroatoms. The predicted octanol–water partition coefficient (Wildman–Crippen LogP) is 2.68. The molecule has 3 N–H and O–H groups in total. The first-order valence-electron chi connectivity index (χ1n) is 6.75. The van der Waals surface area contributed by atoms with Crippen molar-refractivity contribution in [1.82, 2.24) is 10.3 Å². The lowest BCUT2D eigenvalue weighted by molar-refractivity contribution is -0.122. The number of aromatic nitrogens is 1. The summed E-state index contributed by atoms with van der Waals surface area (Å²) >= 11 is 1.59. The second kappa shape index (κ2) is 7.08. The topological polar surface area (TPSA) is 77.2 Å². The quantitative estimate of drug-likeness (QED) is 0.804. The van der Waals surface area contributed by atoms with Gasteiger partial charge in [-0.05, 0) is 26.0 Å². The Morgan fingerprint density at radius 2 is 2.24 bits per heavy atom. The maximum atomic E-state index is 11.9. The number of nitrogen functional groups attached to an aromatic ring is 1. The average Bonchev–Trinajstić information content (AvgIpc) is 2.88. The molecule has 1 amide bonds. The maximum absolute atomic E-state index is 11.9. The van der Waals surface area contributed by atoms with E-state index in [9.17, 15) is 4.79 Å². The molecule has 0 radical (unpaired) electrons. The van der Waals surface area contributed by atoms with E-state index in [1.807, 2.05) is 32.2 Å². The third kappa shape index (κ3) is 4.46. The van der Waals surface area contributed by atoms with Crippen LogP contribution in [0.25, 0.3) is 0 Å². The fourth-order valence-corrected chi connectivity index (χ4v) is 2.59. The van der Waals surface area contributed by atoms with Gasteiger partial charge in [-0.2, -0.15) is 0 Å². The fraction of sp³-hybridized carbons (Fsp3) is 0.333. The summed E-state index contributed by atoms with van der Waals surface area (Å²) in [6, 6.07) is 7.15. The molecule has 0 spiro atoms. The Morgan fingerprint density at radius 3 is 2.90 bits per heavy atom. The molecule has 2 rings (SSSR count). The molecule has 21 heavy (non-hydrogen) atoms. The first-order valence-corrected chi connectivity index (χ1v) is 7.57. The number of thiazole rings is 1. The molecule has 1 aromatic carbocycles. The number of anilines is 1. The molecule has 0 fully saturated rings. The predicted molar refractivity (Wildman–Crippen MR) is 84.4 cm³/mol. The number of hydrogen-bond acceptors (Lipinski definition) is 5. The van der Waals surface area contributed by atoms with Crippen LogP contribution in [0.3, 0.4) is 0 Å². The first kappa shape index (κ1) is 15.3. The highest BCUT2D eigenvalue weighted by Crippen LogP contribution is 2.20. The van der Waals surface area contributed by atoms with Crippen LogP contribution in [0.4, 0.5) is 5.69 Å². The number of hydrogen-bond donors (Lipinski definition) is 2. The molecule has 5 nitrogen and oxygen atoms in total. The lowest BCUT2D eigenvalue weighted by Crippen LogP contribution is -2.27. The van der Waals surface area contributed by atoms with Crippen molar-refractivity contribution < 1.29 is 9.53 Å². The van der Waals surface area contributed by atoms with Crippen LogP contribution in [0.5, 0.6) is 5.75 Å². The number of amides is 1. The van der Waals surface area contributed by atoms with Crippen molar-refractivity contribution in [2.45, 2.75) is 26.3 Å². The van der Waals surface area contributed by atoms with Crippen LogP contribution in [0.15, 0.2) is 30.5 Å². The van der Waals surface area contributed by atoms with Gasteiger partial charge in [-0.3, -0.25) is 4.79 Å². The van der Waals surface area contributed by atoms with Crippen LogP contribution in [0, 0.1) is 6.92 Å². The molecule has 1 aromatic heterocycles. The van der Waals surface area contributed by atoms with Gasteiger partial charge in [-0.15, -0.1) is 11.3 Å². The molecule has 1 heterocycles. The first-order chi connectivity index (χ1) is 10.1. The second-order valence-corrected chi connectivity index (χ2v) is 6.00. The summed E-state index contributed by atoms with van der Waals surface area (Å²) in [6.07, 6.45) is 2.09. The molecule has 2 aromatic rings. The van der Waals surface area contributed by atoms with Gasteiger partial charge in [-0.25, -0.2) is 4.98 Å². The summed E-state index contributed by atoms with van der Waals surface area (Å²) in [5.74, 6) is 0.541. The Labute approximate surface area is 128 Å². The third-order valence-corrected chi connectivity index (χ3v) is 3.99. The van der Waals surface area contributed by atoms with Crippen molar-refractivity contribution in [3.8, 4) is 5.75 Å². The van der Waals surface area contributed by atoms with Crippen LogP contribution in [0.1, 0.15) is 29.3 Å². The van der Waals surface area contributed by atoms with Gasteiger partial charge in [0.25, 0.3) is 0 Å². The van der Waals surface area contributed by atoms with Gasteiger partial charge in [0, 0.05) is 11.1 Å². The standard InChI is InChI=1S/C15H19N3O2S/c1-10-9-17-15(21-10)11(2)18-14(19)7-8-20-13-6-4-3-5-12(13)16/h3-6,9,11H,7-8,16H2,1-2H3,(H,18,19). The van der Waals surface area contributed by atoms with E-state index in [0.717, 1.165) is 9.88 Å². The van der Waals surface area contributed by atoms with Gasteiger partial charge in [0.15, 0.2) is 0 Å². The Balaban J connectivity index is 1.76. The summed E-state index contributed by atoms with van der Waals surface area (Å²) in [5.41, 5.74) is 6.34. The summed E-state index contributed by atoms with van der Waals surface area (Å²) in [4.78, 5) is 17.3. The maximum Gasteiger partial charge on any atom is 0.223 e. The SMILES string of the molecule is Cc1cnc(C(C)NC(=O)CCOc2ccccc2N)s1. The summed E-state index contributed by atoms with van der Waals surface area (Å²) < 4.78 is 5.50. The van der Waals surface area contributed by atoms with Gasteiger partial charge in [0.05, 0.1) is 24.8 Å². The number of ether oxygens (including phenoxy) is 1. The van der Waals surface area contributed by atoms with E-state index in [1.165, 1.54) is 0 Å². The molecule has 1 atom stereocenters. The molecule has 1 unspecified atom stereocenters. The number of carbonyl (C=O) groups is 1. The van der Waals surface area contributed by atoms with Crippen LogP contribution < -0.4 is 15.8 Å². The molecule has 0 bridgehead atoms. The molecule has 0 aliphatic carbocycles. The number of nitrogens with one attached hydrogen (secondary N) is 1. The molecule has 0 saturated heterocycles. The van der Waals surface area contributed by atoms with Crippen LogP contribution in [-0.2, 0) is 4.79 Å². The highest BCUT2D eigenvalue weighted by atomic mass is 32.1. The van der Waals surface area contributed by atoms with Gasteiger partial charge in [0.2, 0.25) is 5.91 Å². The molecular formula is C15H19N3O2S. The van der Waals surface area contributed by atoms with Crippen molar-refractivity contribution >= 4 is 22.9 Å². The van der Waals surface area contributed by atoms with Crippen molar-refractivity contribution in [1.29, 1.82) is 0 Å². The van der Waals surface area contributed by atoms with E-state index in [4.69, 9.17) is 10.5 Å². The zero-order valence-corrected chi connectivity index (χ0v) is 12.9. The van der Waals surface area contributed by atoms with E-state index in [1.54, 1.807) is 23.5 Å². The van der Waals surface area contributed by atoms with Gasteiger partial charge in [0.1, 0.15) is 10.8 Å². The number of rotatable bonds is 6. The van der Waals surface area contributed by atoms with Gasteiger partial charge < -0.3 is 15.8 Å². The van der Waals surface area contributed by atoms with Crippen molar-refractivity contribution in [3.05, 3.63) is 40.3 Å². The average molecular weight is 305 g/mol. The molecule has 112 valence electrons. The zero-order chi connectivity index (χ0) is 15.2. The minimum Gasteiger partial charge on any atom is -0.491 e. The van der Waals surface area contributed by atoms with Crippen molar-refractivity contribution in [2.24, 2.45) is 0 Å². The van der Waals surface area contributed by atoms with E-state index in [0.29, 0.717) is 18.0 Å². The minimum atomic E-state index is -0.0852. The van der Waals surface area contributed by atoms with E-state index < -0.39 is 0 Å². The van der Waals surface area contributed by atoms with Gasteiger partial charge >= 0.3 is 0 Å². The monoisotopic (exact) mass is 305 g/mol. The van der Waals surface area contributed by atoms with Crippen LogP contribution >= 0.6 is 11.3 Å². The Bertz CT molecular complexity index is 612. The van der Waals surface area contributed by atoms with Crippen molar-refractivity contribution in [3.63, 3.8) is 0 Å². The number of aryl methyl sites for hydroxylation is 1. The van der Waals surface area contributed by atoms with E-state index >= 15 is 0 Å². The molecular weight excluding hydrogens is 286 g/mol. The summed E-state index contributed by atoms with van der Waals surface area (Å²) in [6.45, 7) is 4.21. The lowest BCUT2D eigenvalue weighted by atomic mass is 10.3. The van der Waals surface area contributed by atoms with Crippen LogP contribution in [-0.4, -0.2) is 17.5 Å². The second-order valence-electron chi connectivity index (χ2n) is 4.73. The smallest absolute Gasteiger partial charge is 0.223 e. The molecule has 0 aliphatic heterocycles. The van der Waals surface area contributed by atoms with Crippen LogP contribution in [0.2, 0.25) is 0 Å². The fourth-order valence-electron chi connectivity index (χ4n) is 1.81. The normalized spacial score (nSPS) is 11.9. The van der Waals surface area contributed by atoms with Crippen molar-refractivity contribution in [2.75, 3.05) is 12.3 Å². The van der Waals surface area contributed by atoms with E-state index in [-0.39, 0.29) is 18.4 Å². The van der Waals surface area contributed by atoms with E-state index in [2.05, 4.69) is 10.3 Å². The Kier molecular flexibility index (Phi) is 5.16. The largest absolute Gasteiger partial charge is 0.491 e. The number of carbonyl (C=O) groups excluding carboxylic acids is 1.